The number of nitrogens with two attached hydrogens (primary N) is 1. The molecule has 1 aliphatic rings. The highest BCUT2D eigenvalue weighted by Gasteiger charge is 2.33. The lowest BCUT2D eigenvalue weighted by atomic mass is 9.95. The van der Waals surface area contributed by atoms with Gasteiger partial charge in [0.05, 0.1) is 0 Å². The smallest absolute Gasteiger partial charge is 0.336 e. The predicted molar refractivity (Wildman–Crippen MR) is 56.5 cm³/mol. The van der Waals surface area contributed by atoms with Crippen LogP contribution < -0.4 is 5.73 Å². The quantitative estimate of drug-likeness (QED) is 0.589. The van der Waals surface area contributed by atoms with Crippen LogP contribution in [-0.2, 0) is 4.79 Å². The normalized spacial score (nSPS) is 23.7. The highest BCUT2D eigenvalue weighted by atomic mass is 16.4. The summed E-state index contributed by atoms with van der Waals surface area (Å²) >= 11 is 0. The average molecular weight is 216 g/mol. The van der Waals surface area contributed by atoms with Crippen molar-refractivity contribution in [2.75, 3.05) is 26.2 Å². The number of piperidine rings is 1. The van der Waals surface area contributed by atoms with Gasteiger partial charge in [0.15, 0.2) is 5.60 Å². The molecule has 5 heteroatoms. The maximum atomic E-state index is 10.7. The van der Waals surface area contributed by atoms with E-state index in [2.05, 4.69) is 0 Å². The van der Waals surface area contributed by atoms with Crippen molar-refractivity contribution in [3.63, 3.8) is 0 Å². The van der Waals surface area contributed by atoms with Crippen molar-refractivity contribution >= 4 is 5.97 Å². The van der Waals surface area contributed by atoms with Crippen LogP contribution in [0.2, 0.25) is 0 Å². The van der Waals surface area contributed by atoms with Crippen molar-refractivity contribution in [1.29, 1.82) is 0 Å². The molecule has 1 heterocycles. The summed E-state index contributed by atoms with van der Waals surface area (Å²) in [6.07, 6.45) is 1.98. The number of nitrogens with zero attached hydrogens (tertiary/aromatic N) is 1. The predicted octanol–water partition coefficient (Wildman–Crippen LogP) is -0.507. The van der Waals surface area contributed by atoms with Gasteiger partial charge < -0.3 is 15.9 Å². The van der Waals surface area contributed by atoms with Gasteiger partial charge in [-0.3, -0.25) is 4.90 Å². The second-order valence-corrected chi connectivity index (χ2v) is 4.53. The number of β-amino-alcohol motifs (C(OH)–C–C–N with tert-alkyl or cyclic N) is 1. The van der Waals surface area contributed by atoms with E-state index in [1.165, 1.54) is 6.92 Å². The van der Waals surface area contributed by atoms with Crippen LogP contribution >= 0.6 is 0 Å². The van der Waals surface area contributed by atoms with E-state index >= 15 is 0 Å². The van der Waals surface area contributed by atoms with Crippen molar-refractivity contribution in [3.8, 4) is 0 Å². The third-order valence-electron chi connectivity index (χ3n) is 3.03. The van der Waals surface area contributed by atoms with Gasteiger partial charge in [-0.2, -0.15) is 0 Å². The fourth-order valence-corrected chi connectivity index (χ4v) is 1.88. The number of aliphatic carboxylic acids is 1. The number of likely N-dealkylation sites (tertiary alicyclic amines) is 1. The molecule has 88 valence electrons. The maximum absolute atomic E-state index is 10.7. The molecule has 0 aliphatic carbocycles. The number of aliphatic hydroxyl groups is 1. The van der Waals surface area contributed by atoms with E-state index in [0.717, 1.165) is 25.9 Å². The van der Waals surface area contributed by atoms with E-state index in [4.69, 9.17) is 10.8 Å². The van der Waals surface area contributed by atoms with Crippen LogP contribution in [-0.4, -0.2) is 52.9 Å². The molecular formula is C10H20N2O3. The van der Waals surface area contributed by atoms with Crippen molar-refractivity contribution in [2.24, 2.45) is 11.7 Å². The number of carboxylic acid groups (broad SMARTS) is 1. The first kappa shape index (κ1) is 12.4. The summed E-state index contributed by atoms with van der Waals surface area (Å²) in [4.78, 5) is 12.7. The summed E-state index contributed by atoms with van der Waals surface area (Å²) in [7, 11) is 0. The average Bonchev–Trinajstić information content (AvgIpc) is 2.18. The summed E-state index contributed by atoms with van der Waals surface area (Å²) in [5.41, 5.74) is 3.92. The van der Waals surface area contributed by atoms with Gasteiger partial charge in [-0.05, 0) is 45.3 Å². The molecule has 15 heavy (non-hydrogen) atoms. The molecule has 1 rings (SSSR count). The van der Waals surface area contributed by atoms with E-state index in [1.807, 2.05) is 4.90 Å². The largest absolute Gasteiger partial charge is 0.479 e. The topological polar surface area (TPSA) is 86.8 Å². The highest BCUT2D eigenvalue weighted by molar-refractivity contribution is 5.76. The monoisotopic (exact) mass is 216 g/mol. The van der Waals surface area contributed by atoms with Gasteiger partial charge in [-0.1, -0.05) is 0 Å². The Labute approximate surface area is 89.9 Å². The Kier molecular flexibility index (Phi) is 4.07. The number of carboxylic acids is 1. The minimum atomic E-state index is -1.64. The van der Waals surface area contributed by atoms with Gasteiger partial charge in [0.1, 0.15) is 0 Å². The molecule has 1 aliphatic heterocycles. The van der Waals surface area contributed by atoms with Gasteiger partial charge in [0, 0.05) is 6.54 Å². The second kappa shape index (κ2) is 4.92. The molecule has 0 bridgehead atoms. The first-order valence-corrected chi connectivity index (χ1v) is 5.34. The van der Waals surface area contributed by atoms with Gasteiger partial charge in [-0.25, -0.2) is 4.79 Å². The Morgan fingerprint density at radius 3 is 2.47 bits per heavy atom. The molecule has 1 atom stereocenters. The fourth-order valence-electron chi connectivity index (χ4n) is 1.88. The third kappa shape index (κ3) is 3.44. The lowest BCUT2D eigenvalue weighted by Crippen LogP contribution is -2.49. The molecule has 0 aromatic carbocycles. The number of carbonyl (C=O) groups is 1. The molecule has 0 aromatic rings. The SMILES string of the molecule is CC(O)(CN1CCC(CN)CC1)C(=O)O. The van der Waals surface area contributed by atoms with E-state index in [0.29, 0.717) is 12.5 Å². The zero-order valence-electron chi connectivity index (χ0n) is 9.15. The van der Waals surface area contributed by atoms with Gasteiger partial charge in [-0.15, -0.1) is 0 Å². The number of hydrogen-bond acceptors (Lipinski definition) is 4. The molecule has 1 fully saturated rings. The molecular weight excluding hydrogens is 196 g/mol. The molecule has 0 spiro atoms. The minimum Gasteiger partial charge on any atom is -0.479 e. The van der Waals surface area contributed by atoms with Crippen LogP contribution in [0.4, 0.5) is 0 Å². The summed E-state index contributed by atoms with van der Waals surface area (Å²) < 4.78 is 0. The molecule has 5 nitrogen and oxygen atoms in total. The summed E-state index contributed by atoms with van der Waals surface area (Å²) in [5.74, 6) is -0.612. The van der Waals surface area contributed by atoms with Crippen molar-refractivity contribution in [1.82, 2.24) is 4.90 Å². The van der Waals surface area contributed by atoms with Crippen LogP contribution in [0, 0.1) is 5.92 Å². The second-order valence-electron chi connectivity index (χ2n) is 4.53. The van der Waals surface area contributed by atoms with Crippen molar-refractivity contribution in [2.45, 2.75) is 25.4 Å². The van der Waals surface area contributed by atoms with Crippen molar-refractivity contribution in [3.05, 3.63) is 0 Å². The lowest BCUT2D eigenvalue weighted by molar-refractivity contribution is -0.158. The van der Waals surface area contributed by atoms with E-state index in [-0.39, 0.29) is 6.54 Å². The Morgan fingerprint density at radius 1 is 1.53 bits per heavy atom. The van der Waals surface area contributed by atoms with Crippen LogP contribution in [0.5, 0.6) is 0 Å². The summed E-state index contributed by atoms with van der Waals surface area (Å²) in [5, 5.41) is 18.4. The summed E-state index contributed by atoms with van der Waals surface area (Å²) in [6, 6.07) is 0. The van der Waals surface area contributed by atoms with Gasteiger partial charge in [0.2, 0.25) is 0 Å². The maximum Gasteiger partial charge on any atom is 0.336 e. The van der Waals surface area contributed by atoms with Crippen LogP contribution in [0.15, 0.2) is 0 Å². The highest BCUT2D eigenvalue weighted by Crippen LogP contribution is 2.18. The van der Waals surface area contributed by atoms with Crippen LogP contribution in [0.1, 0.15) is 19.8 Å². The number of rotatable bonds is 4. The molecule has 1 unspecified atom stereocenters. The zero-order chi connectivity index (χ0) is 11.5. The molecule has 0 amide bonds. The molecule has 4 N–H and O–H groups in total. The first-order valence-electron chi connectivity index (χ1n) is 5.34. The first-order chi connectivity index (χ1) is 6.95. The standard InChI is InChI=1S/C10H20N2O3/c1-10(15,9(13)14)7-12-4-2-8(6-11)3-5-12/h8,15H,2-7,11H2,1H3,(H,13,14). The lowest BCUT2D eigenvalue weighted by Gasteiger charge is -2.34. The zero-order valence-corrected chi connectivity index (χ0v) is 9.15. The van der Waals surface area contributed by atoms with E-state index in [9.17, 15) is 9.90 Å². The molecule has 0 radical (unpaired) electrons. The van der Waals surface area contributed by atoms with Gasteiger partial charge >= 0.3 is 5.97 Å². The van der Waals surface area contributed by atoms with E-state index in [1.54, 1.807) is 0 Å². The number of hydrogen-bond donors (Lipinski definition) is 3. The Bertz CT molecular complexity index is 223. The fraction of sp³-hybridized carbons (Fsp3) is 0.900. The molecule has 1 saturated heterocycles. The Hall–Kier alpha value is -0.650. The van der Waals surface area contributed by atoms with Gasteiger partial charge in [0.25, 0.3) is 0 Å². The third-order valence-corrected chi connectivity index (χ3v) is 3.03. The Balaban J connectivity index is 2.38. The van der Waals surface area contributed by atoms with Crippen LogP contribution in [0.3, 0.4) is 0 Å². The van der Waals surface area contributed by atoms with Crippen LogP contribution in [0.25, 0.3) is 0 Å². The molecule has 0 aromatic heterocycles. The summed E-state index contributed by atoms with van der Waals surface area (Å²) in [6.45, 7) is 3.88. The van der Waals surface area contributed by atoms with Crippen molar-refractivity contribution < 1.29 is 15.0 Å². The molecule has 0 saturated carbocycles. The van der Waals surface area contributed by atoms with E-state index < -0.39 is 11.6 Å². The Morgan fingerprint density at radius 2 is 2.07 bits per heavy atom. The minimum absolute atomic E-state index is 0.194.